The lowest BCUT2D eigenvalue weighted by Gasteiger charge is -2.17. The van der Waals surface area contributed by atoms with Gasteiger partial charge in [0, 0.05) is 19.3 Å². The van der Waals surface area contributed by atoms with Crippen LogP contribution < -0.4 is 14.4 Å². The van der Waals surface area contributed by atoms with E-state index in [-0.39, 0.29) is 29.8 Å². The van der Waals surface area contributed by atoms with Gasteiger partial charge in [-0.25, -0.2) is 17.5 Å². The standard InChI is InChI=1S/C22H21FN2O4S/c1-25(19-9-7-18(23)8-10-19)22(26)16-29-20-11-13-21(14-12-20)30(27,28)24-15-17-5-3-2-4-6-17/h2-14,24H,15-16H2,1H3. The Kier molecular flexibility index (Phi) is 6.81. The Labute approximate surface area is 175 Å². The molecule has 1 N–H and O–H groups in total. The van der Waals surface area contributed by atoms with Gasteiger partial charge in [-0.3, -0.25) is 4.79 Å². The molecule has 0 spiro atoms. The number of benzene rings is 3. The number of amides is 1. The Morgan fingerprint density at radius 3 is 2.23 bits per heavy atom. The molecule has 6 nitrogen and oxygen atoms in total. The van der Waals surface area contributed by atoms with Crippen LogP contribution in [0.4, 0.5) is 10.1 Å². The maximum Gasteiger partial charge on any atom is 0.264 e. The van der Waals surface area contributed by atoms with Gasteiger partial charge in [0.05, 0.1) is 4.90 Å². The summed E-state index contributed by atoms with van der Waals surface area (Å²) in [5.74, 6) is -0.357. The van der Waals surface area contributed by atoms with Gasteiger partial charge < -0.3 is 9.64 Å². The van der Waals surface area contributed by atoms with Crippen molar-refractivity contribution in [1.29, 1.82) is 0 Å². The maximum atomic E-state index is 13.0. The van der Waals surface area contributed by atoms with Crippen molar-refractivity contribution in [1.82, 2.24) is 4.72 Å². The van der Waals surface area contributed by atoms with E-state index in [1.54, 1.807) is 7.05 Å². The van der Waals surface area contributed by atoms with Crippen LogP contribution in [0.25, 0.3) is 0 Å². The second-order valence-electron chi connectivity index (χ2n) is 6.50. The smallest absolute Gasteiger partial charge is 0.264 e. The molecule has 0 aliphatic heterocycles. The Morgan fingerprint density at radius 1 is 0.967 bits per heavy atom. The Bertz CT molecular complexity index is 1090. The van der Waals surface area contributed by atoms with Gasteiger partial charge >= 0.3 is 0 Å². The highest BCUT2D eigenvalue weighted by atomic mass is 32.2. The highest BCUT2D eigenvalue weighted by Gasteiger charge is 2.15. The van der Waals surface area contributed by atoms with Crippen molar-refractivity contribution < 1.29 is 22.3 Å². The molecule has 3 aromatic carbocycles. The number of halogens is 1. The van der Waals surface area contributed by atoms with Gasteiger partial charge in [0.2, 0.25) is 10.0 Å². The zero-order valence-corrected chi connectivity index (χ0v) is 17.1. The number of nitrogens with one attached hydrogen (secondary N) is 1. The summed E-state index contributed by atoms with van der Waals surface area (Å²) < 4.78 is 45.8. The highest BCUT2D eigenvalue weighted by molar-refractivity contribution is 7.89. The van der Waals surface area contributed by atoms with Crippen molar-refractivity contribution in [2.24, 2.45) is 0 Å². The van der Waals surface area contributed by atoms with Crippen molar-refractivity contribution in [3.8, 4) is 5.75 Å². The SMILES string of the molecule is CN(C(=O)COc1ccc(S(=O)(=O)NCc2ccccc2)cc1)c1ccc(F)cc1. The average Bonchev–Trinajstić information content (AvgIpc) is 2.77. The molecule has 1 amide bonds. The number of hydrogen-bond acceptors (Lipinski definition) is 4. The van der Waals surface area contributed by atoms with Crippen molar-refractivity contribution in [2.75, 3.05) is 18.6 Å². The van der Waals surface area contributed by atoms with Gasteiger partial charge in [-0.05, 0) is 54.1 Å². The van der Waals surface area contributed by atoms with E-state index in [1.165, 1.54) is 53.4 Å². The van der Waals surface area contributed by atoms with Gasteiger partial charge in [0.25, 0.3) is 5.91 Å². The van der Waals surface area contributed by atoms with Crippen LogP contribution in [0.5, 0.6) is 5.75 Å². The molecule has 156 valence electrons. The second kappa shape index (κ2) is 9.51. The minimum absolute atomic E-state index is 0.0977. The fourth-order valence-corrected chi connectivity index (χ4v) is 3.64. The first-order chi connectivity index (χ1) is 14.3. The highest BCUT2D eigenvalue weighted by Crippen LogP contribution is 2.17. The minimum atomic E-state index is -3.67. The number of rotatable bonds is 8. The van der Waals surface area contributed by atoms with Crippen LogP contribution in [0.2, 0.25) is 0 Å². The van der Waals surface area contributed by atoms with E-state index < -0.39 is 10.0 Å². The van der Waals surface area contributed by atoms with Gasteiger partial charge in [0.1, 0.15) is 11.6 Å². The summed E-state index contributed by atoms with van der Waals surface area (Å²) in [5.41, 5.74) is 1.39. The molecule has 0 aromatic heterocycles. The number of likely N-dealkylation sites (N-methyl/N-ethyl adjacent to an activating group) is 1. The minimum Gasteiger partial charge on any atom is -0.484 e. The van der Waals surface area contributed by atoms with Crippen LogP contribution in [0.15, 0.2) is 83.8 Å². The monoisotopic (exact) mass is 428 g/mol. The summed E-state index contributed by atoms with van der Waals surface area (Å²) in [6.45, 7) is -0.0577. The molecule has 0 aliphatic rings. The number of carbonyl (C=O) groups is 1. The number of sulfonamides is 1. The van der Waals surface area contributed by atoms with Gasteiger partial charge in [0.15, 0.2) is 6.61 Å². The molecule has 0 fully saturated rings. The summed E-state index contributed by atoms with van der Waals surface area (Å²) >= 11 is 0. The lowest BCUT2D eigenvalue weighted by molar-refractivity contribution is -0.120. The Morgan fingerprint density at radius 2 is 1.60 bits per heavy atom. The van der Waals surface area contributed by atoms with Crippen LogP contribution in [-0.2, 0) is 21.4 Å². The first-order valence-corrected chi connectivity index (χ1v) is 10.6. The zero-order chi connectivity index (χ0) is 21.6. The number of anilines is 1. The fraction of sp³-hybridized carbons (Fsp3) is 0.136. The molecule has 30 heavy (non-hydrogen) atoms. The molecule has 8 heteroatoms. The van der Waals surface area contributed by atoms with E-state index in [0.29, 0.717) is 11.4 Å². The Balaban J connectivity index is 1.56. The maximum absolute atomic E-state index is 13.0. The fourth-order valence-electron chi connectivity index (χ4n) is 2.62. The van der Waals surface area contributed by atoms with Crippen LogP contribution in [0, 0.1) is 5.82 Å². The molecule has 0 aliphatic carbocycles. The molecule has 0 saturated heterocycles. The first kappa shape index (κ1) is 21.5. The molecule has 3 rings (SSSR count). The number of ether oxygens (including phenoxy) is 1. The molecule has 0 atom stereocenters. The molecule has 0 saturated carbocycles. The van der Waals surface area contributed by atoms with Crippen LogP contribution >= 0.6 is 0 Å². The lowest BCUT2D eigenvalue weighted by Crippen LogP contribution is -2.31. The number of hydrogen-bond donors (Lipinski definition) is 1. The molecule has 0 radical (unpaired) electrons. The van der Waals surface area contributed by atoms with E-state index in [9.17, 15) is 17.6 Å². The van der Waals surface area contributed by atoms with Crippen molar-refractivity contribution >= 4 is 21.6 Å². The third-order valence-corrected chi connectivity index (χ3v) is 5.81. The average molecular weight is 428 g/mol. The summed E-state index contributed by atoms with van der Waals surface area (Å²) in [5, 5.41) is 0. The Hall–Kier alpha value is -3.23. The number of carbonyl (C=O) groups excluding carboxylic acids is 1. The van der Waals surface area contributed by atoms with Crippen LogP contribution in [0.1, 0.15) is 5.56 Å². The van der Waals surface area contributed by atoms with Gasteiger partial charge in [-0.15, -0.1) is 0 Å². The van der Waals surface area contributed by atoms with Crippen molar-refractivity contribution in [2.45, 2.75) is 11.4 Å². The van der Waals surface area contributed by atoms with Crippen molar-refractivity contribution in [3.05, 3.63) is 90.2 Å². The van der Waals surface area contributed by atoms with E-state index in [1.807, 2.05) is 30.3 Å². The third-order valence-electron chi connectivity index (χ3n) is 4.39. The van der Waals surface area contributed by atoms with Gasteiger partial charge in [-0.1, -0.05) is 30.3 Å². The molecule has 0 unspecified atom stereocenters. The molecular weight excluding hydrogens is 407 g/mol. The summed E-state index contributed by atoms with van der Waals surface area (Å²) in [7, 11) is -2.11. The largest absolute Gasteiger partial charge is 0.484 e. The second-order valence-corrected chi connectivity index (χ2v) is 8.27. The first-order valence-electron chi connectivity index (χ1n) is 9.14. The van der Waals surface area contributed by atoms with E-state index >= 15 is 0 Å². The zero-order valence-electron chi connectivity index (χ0n) is 16.3. The normalized spacial score (nSPS) is 11.1. The molecule has 3 aromatic rings. The van der Waals surface area contributed by atoms with E-state index in [0.717, 1.165) is 5.56 Å². The predicted octanol–water partition coefficient (Wildman–Crippen LogP) is 3.35. The summed E-state index contributed by atoms with van der Waals surface area (Å²) in [6, 6.07) is 20.5. The van der Waals surface area contributed by atoms with E-state index in [2.05, 4.69) is 4.72 Å². The van der Waals surface area contributed by atoms with Crippen LogP contribution in [0.3, 0.4) is 0 Å². The topological polar surface area (TPSA) is 75.7 Å². The number of nitrogens with zero attached hydrogens (tertiary/aromatic N) is 1. The van der Waals surface area contributed by atoms with Crippen molar-refractivity contribution in [3.63, 3.8) is 0 Å². The summed E-state index contributed by atoms with van der Waals surface area (Å²) in [6.07, 6.45) is 0. The molecule has 0 bridgehead atoms. The van der Waals surface area contributed by atoms with Crippen LogP contribution in [-0.4, -0.2) is 28.0 Å². The molecule has 0 heterocycles. The van der Waals surface area contributed by atoms with Gasteiger partial charge in [-0.2, -0.15) is 0 Å². The molecular formula is C22H21FN2O4S. The van der Waals surface area contributed by atoms with E-state index in [4.69, 9.17) is 4.74 Å². The summed E-state index contributed by atoms with van der Waals surface area (Å²) in [4.78, 5) is 13.7. The lowest BCUT2D eigenvalue weighted by atomic mass is 10.2. The predicted molar refractivity (Wildman–Crippen MR) is 112 cm³/mol. The third kappa shape index (κ3) is 5.65. The quantitative estimate of drug-likeness (QED) is 0.597.